The molecular weight excluding hydrogens is 651 g/mol. The van der Waals surface area contributed by atoms with Crippen molar-refractivity contribution in [2.75, 3.05) is 11.4 Å². The number of hydrogen-bond donors (Lipinski definition) is 4. The molecule has 1 aliphatic carbocycles. The molecule has 50 heavy (non-hydrogen) atoms. The molecule has 0 heterocycles. The number of aliphatic hydroxyl groups excluding tert-OH is 1. The molecule has 4 aromatic carbocycles. The number of carboxylic acid groups (broad SMARTS) is 1. The highest BCUT2D eigenvalue weighted by Crippen LogP contribution is 2.34. The third-order valence-electron chi connectivity index (χ3n) is 8.65. The quantitative estimate of drug-likeness (QED) is 0.123. The van der Waals surface area contributed by atoms with Crippen LogP contribution in [0.25, 0.3) is 11.1 Å². The van der Waals surface area contributed by atoms with E-state index in [1.54, 1.807) is 59.5 Å². The van der Waals surface area contributed by atoms with Crippen molar-refractivity contribution in [3.63, 3.8) is 0 Å². The van der Waals surface area contributed by atoms with Crippen molar-refractivity contribution in [1.82, 2.24) is 10.6 Å². The van der Waals surface area contributed by atoms with Gasteiger partial charge in [0, 0.05) is 17.8 Å². The molecule has 0 unspecified atom stereocenters. The van der Waals surface area contributed by atoms with Crippen molar-refractivity contribution in [3.05, 3.63) is 119 Å². The first-order chi connectivity index (χ1) is 24.0. The lowest BCUT2D eigenvalue weighted by atomic mass is 9.84. The first-order valence-corrected chi connectivity index (χ1v) is 16.3. The number of anilines is 1. The summed E-state index contributed by atoms with van der Waals surface area (Å²) in [5.74, 6) is -1.87. The van der Waals surface area contributed by atoms with Gasteiger partial charge in [-0.2, -0.15) is 0 Å². The predicted molar refractivity (Wildman–Crippen MR) is 182 cm³/mol. The standard InChI is InChI=1S/C38H38F3N3O6/c39-38(40,41)50-32-11-6-10-29(21-32)33-12-5-4-9-30(33)22-43-37(49)44(31-19-17-27(18-20-31)26-7-2-1-3-8-26)24-25-13-15-28(16-14-25)35(46)42-23-34(45)36(47)48/h4-6,9-21,26,34,45H,1-3,7-8,22-24H2,(H,42,46)(H,43,49)(H,47,48)/t34-/m1/s1. The molecule has 12 heteroatoms. The van der Waals surface area contributed by atoms with Gasteiger partial charge in [-0.1, -0.05) is 79.9 Å². The second kappa shape index (κ2) is 16.4. The topological polar surface area (TPSA) is 128 Å². The molecule has 262 valence electrons. The van der Waals surface area contributed by atoms with Crippen LogP contribution in [0, 0.1) is 0 Å². The number of hydrogen-bond acceptors (Lipinski definition) is 5. The van der Waals surface area contributed by atoms with E-state index in [9.17, 15) is 32.7 Å². The number of rotatable bonds is 12. The zero-order chi connectivity index (χ0) is 35.7. The van der Waals surface area contributed by atoms with Crippen LogP contribution in [0.15, 0.2) is 97.1 Å². The zero-order valence-electron chi connectivity index (χ0n) is 27.2. The van der Waals surface area contributed by atoms with Gasteiger partial charge < -0.3 is 25.6 Å². The van der Waals surface area contributed by atoms with E-state index in [4.69, 9.17) is 5.11 Å². The highest BCUT2D eigenvalue weighted by molar-refractivity contribution is 5.95. The lowest BCUT2D eigenvalue weighted by Crippen LogP contribution is -2.39. The summed E-state index contributed by atoms with van der Waals surface area (Å²) in [5.41, 5.74) is 4.64. The number of halogens is 3. The van der Waals surface area contributed by atoms with E-state index >= 15 is 0 Å². The van der Waals surface area contributed by atoms with Gasteiger partial charge >= 0.3 is 18.4 Å². The van der Waals surface area contributed by atoms with Crippen LogP contribution >= 0.6 is 0 Å². The molecule has 0 saturated heterocycles. The maximum absolute atomic E-state index is 13.9. The molecule has 5 rings (SSSR count). The smallest absolute Gasteiger partial charge is 0.479 e. The Bertz CT molecular complexity index is 1770. The number of nitrogens with zero attached hydrogens (tertiary/aromatic N) is 1. The molecule has 3 amide bonds. The molecular formula is C38H38F3N3O6. The minimum Gasteiger partial charge on any atom is -0.479 e. The maximum atomic E-state index is 13.9. The van der Waals surface area contributed by atoms with Crippen molar-refractivity contribution < 1.29 is 42.5 Å². The molecule has 9 nitrogen and oxygen atoms in total. The van der Waals surface area contributed by atoms with Crippen LogP contribution in [0.5, 0.6) is 5.75 Å². The van der Waals surface area contributed by atoms with Gasteiger partial charge in [0.2, 0.25) is 0 Å². The first kappa shape index (κ1) is 35.9. The molecule has 1 saturated carbocycles. The molecule has 0 spiro atoms. The van der Waals surface area contributed by atoms with Gasteiger partial charge in [-0.3, -0.25) is 9.69 Å². The number of ether oxygens (including phenoxy) is 1. The largest absolute Gasteiger partial charge is 0.573 e. The van der Waals surface area contributed by atoms with E-state index in [1.807, 2.05) is 12.1 Å². The Balaban J connectivity index is 1.34. The van der Waals surface area contributed by atoms with Gasteiger partial charge in [-0.05, 0) is 83.0 Å². The van der Waals surface area contributed by atoms with Crippen LogP contribution < -0.4 is 20.3 Å². The predicted octanol–water partition coefficient (Wildman–Crippen LogP) is 7.39. The van der Waals surface area contributed by atoms with Gasteiger partial charge in [0.25, 0.3) is 5.91 Å². The molecule has 0 radical (unpaired) electrons. The summed E-state index contributed by atoms with van der Waals surface area (Å²) in [7, 11) is 0. The lowest BCUT2D eigenvalue weighted by Gasteiger charge is -2.26. The molecule has 4 N–H and O–H groups in total. The van der Waals surface area contributed by atoms with Crippen LogP contribution in [0.3, 0.4) is 0 Å². The van der Waals surface area contributed by atoms with Gasteiger partial charge in [-0.25, -0.2) is 9.59 Å². The Hall–Kier alpha value is -5.36. The lowest BCUT2D eigenvalue weighted by molar-refractivity contribution is -0.274. The second-order valence-corrected chi connectivity index (χ2v) is 12.2. The maximum Gasteiger partial charge on any atom is 0.573 e. The number of alkyl halides is 3. The fourth-order valence-corrected chi connectivity index (χ4v) is 6.05. The average molecular weight is 690 g/mol. The van der Waals surface area contributed by atoms with Crippen LogP contribution in [0.1, 0.15) is 65.1 Å². The zero-order valence-corrected chi connectivity index (χ0v) is 27.2. The average Bonchev–Trinajstić information content (AvgIpc) is 3.12. The van der Waals surface area contributed by atoms with E-state index < -0.39 is 36.9 Å². The normalized spacial score (nSPS) is 14.0. The number of carboxylic acids is 1. The summed E-state index contributed by atoms with van der Waals surface area (Å²) in [6.45, 7) is -0.222. The van der Waals surface area contributed by atoms with Crippen LogP contribution in [0.4, 0.5) is 23.7 Å². The summed E-state index contributed by atoms with van der Waals surface area (Å²) in [4.78, 5) is 38.8. The van der Waals surface area contributed by atoms with Crippen molar-refractivity contribution >= 4 is 23.6 Å². The molecule has 0 bridgehead atoms. The Morgan fingerprint density at radius 3 is 2.24 bits per heavy atom. The van der Waals surface area contributed by atoms with Crippen molar-refractivity contribution in [2.24, 2.45) is 0 Å². The summed E-state index contributed by atoms with van der Waals surface area (Å²) in [5, 5.41) is 23.6. The third kappa shape index (κ3) is 9.85. The van der Waals surface area contributed by atoms with Crippen LogP contribution in [-0.2, 0) is 17.9 Å². The number of carbonyl (C=O) groups excluding carboxylic acids is 2. The van der Waals surface area contributed by atoms with E-state index in [0.717, 1.165) is 12.8 Å². The van der Waals surface area contributed by atoms with Crippen LogP contribution in [-0.4, -0.2) is 47.1 Å². The molecule has 1 fully saturated rings. The highest BCUT2D eigenvalue weighted by Gasteiger charge is 2.31. The Labute approximate surface area is 287 Å². The minimum atomic E-state index is -4.83. The first-order valence-electron chi connectivity index (χ1n) is 16.3. The number of benzene rings is 4. The molecule has 4 aromatic rings. The van der Waals surface area contributed by atoms with E-state index in [1.165, 1.54) is 43.0 Å². The Morgan fingerprint density at radius 2 is 1.56 bits per heavy atom. The monoisotopic (exact) mass is 689 g/mol. The highest BCUT2D eigenvalue weighted by atomic mass is 19.4. The fraction of sp³-hybridized carbons (Fsp3) is 0.289. The van der Waals surface area contributed by atoms with Crippen molar-refractivity contribution in [2.45, 2.75) is 63.6 Å². The van der Waals surface area contributed by atoms with Gasteiger partial charge in [0.1, 0.15) is 5.75 Å². The second-order valence-electron chi connectivity index (χ2n) is 12.2. The minimum absolute atomic E-state index is 0.0807. The number of urea groups is 1. The van der Waals surface area contributed by atoms with Gasteiger partial charge in [0.05, 0.1) is 13.1 Å². The summed E-state index contributed by atoms with van der Waals surface area (Å²) < 4.78 is 42.7. The molecule has 1 aliphatic rings. The summed E-state index contributed by atoms with van der Waals surface area (Å²) in [6, 6.07) is 26.7. The van der Waals surface area contributed by atoms with Gasteiger partial charge in [-0.15, -0.1) is 13.2 Å². The number of carbonyl (C=O) groups is 3. The van der Waals surface area contributed by atoms with Gasteiger partial charge in [0.15, 0.2) is 6.10 Å². The third-order valence-corrected chi connectivity index (χ3v) is 8.65. The number of amides is 3. The fourth-order valence-electron chi connectivity index (χ4n) is 6.05. The number of nitrogens with one attached hydrogen (secondary N) is 2. The Morgan fingerprint density at radius 1 is 0.860 bits per heavy atom. The van der Waals surface area contributed by atoms with Crippen molar-refractivity contribution in [3.8, 4) is 16.9 Å². The number of aliphatic hydroxyl groups is 1. The van der Waals surface area contributed by atoms with E-state index in [2.05, 4.69) is 27.5 Å². The Kier molecular flexibility index (Phi) is 11.8. The molecule has 0 aromatic heterocycles. The molecule has 0 aliphatic heterocycles. The number of aliphatic carboxylic acids is 1. The van der Waals surface area contributed by atoms with Crippen LogP contribution in [0.2, 0.25) is 0 Å². The van der Waals surface area contributed by atoms with Crippen molar-refractivity contribution in [1.29, 1.82) is 0 Å². The summed E-state index contributed by atoms with van der Waals surface area (Å²) in [6.07, 6.45) is -0.680. The SMILES string of the molecule is O=C(NC[C@@H](O)C(=O)O)c1ccc(CN(C(=O)NCc2ccccc2-c2cccc(OC(F)(F)F)c2)c2ccc(C3CCCCC3)cc2)cc1. The summed E-state index contributed by atoms with van der Waals surface area (Å²) >= 11 is 0. The van der Waals surface area contributed by atoms with E-state index in [0.29, 0.717) is 33.9 Å². The molecule has 1 atom stereocenters. The van der Waals surface area contributed by atoms with E-state index in [-0.39, 0.29) is 24.4 Å².